The summed E-state index contributed by atoms with van der Waals surface area (Å²) in [7, 11) is 3.08. The summed E-state index contributed by atoms with van der Waals surface area (Å²) in [4.78, 5) is 29.7. The molecule has 138 valence electrons. The van der Waals surface area contributed by atoms with Gasteiger partial charge in [-0.15, -0.1) is 0 Å². The first kappa shape index (κ1) is 19.2. The van der Waals surface area contributed by atoms with Gasteiger partial charge < -0.3 is 19.7 Å². The van der Waals surface area contributed by atoms with E-state index in [0.717, 1.165) is 5.56 Å². The van der Waals surface area contributed by atoms with E-state index in [1.807, 2.05) is 12.1 Å². The van der Waals surface area contributed by atoms with Crippen molar-refractivity contribution >= 4 is 17.5 Å². The molecule has 0 bridgehead atoms. The topological polar surface area (TPSA) is 80.8 Å². The van der Waals surface area contributed by atoms with E-state index in [0.29, 0.717) is 23.7 Å². The van der Waals surface area contributed by atoms with Crippen LogP contribution in [0.5, 0.6) is 11.5 Å². The highest BCUT2D eigenvalue weighted by Gasteiger charge is 2.18. The van der Waals surface area contributed by atoms with Crippen LogP contribution in [-0.2, 0) is 16.1 Å². The van der Waals surface area contributed by atoms with E-state index in [-0.39, 0.29) is 24.8 Å². The highest BCUT2D eigenvalue weighted by atomic mass is 16.5. The summed E-state index contributed by atoms with van der Waals surface area (Å²) in [6, 6.07) is 8.89. The molecule has 0 saturated heterocycles. The second kappa shape index (κ2) is 9.41. The van der Waals surface area contributed by atoms with Gasteiger partial charge >= 0.3 is 0 Å². The molecule has 0 radical (unpaired) electrons. The van der Waals surface area contributed by atoms with Gasteiger partial charge in [0, 0.05) is 44.9 Å². The fourth-order valence-corrected chi connectivity index (χ4v) is 2.46. The average Bonchev–Trinajstić information content (AvgIpc) is 2.67. The number of amides is 2. The number of carbonyl (C=O) groups is 2. The molecule has 1 aromatic carbocycles. The number of benzene rings is 1. The van der Waals surface area contributed by atoms with Gasteiger partial charge in [0.2, 0.25) is 11.8 Å². The zero-order valence-corrected chi connectivity index (χ0v) is 15.2. The number of nitrogens with zero attached hydrogens (tertiary/aromatic N) is 2. The van der Waals surface area contributed by atoms with E-state index >= 15 is 0 Å². The Morgan fingerprint density at radius 3 is 2.62 bits per heavy atom. The molecule has 26 heavy (non-hydrogen) atoms. The third kappa shape index (κ3) is 5.20. The average molecular weight is 357 g/mol. The van der Waals surface area contributed by atoms with Gasteiger partial charge in [-0.05, 0) is 23.8 Å². The molecular weight excluding hydrogens is 334 g/mol. The molecule has 0 aliphatic rings. The van der Waals surface area contributed by atoms with Crippen LogP contribution in [0.2, 0.25) is 0 Å². The zero-order valence-electron chi connectivity index (χ0n) is 15.2. The lowest BCUT2D eigenvalue weighted by molar-refractivity contribution is -0.121. The summed E-state index contributed by atoms with van der Waals surface area (Å²) in [5, 5.41) is 2.82. The lowest BCUT2D eigenvalue weighted by atomic mass is 10.2. The van der Waals surface area contributed by atoms with Crippen LogP contribution in [0.3, 0.4) is 0 Å². The molecule has 7 heteroatoms. The van der Waals surface area contributed by atoms with Gasteiger partial charge in [0.15, 0.2) is 0 Å². The van der Waals surface area contributed by atoms with Gasteiger partial charge in [-0.2, -0.15) is 0 Å². The second-order valence-electron chi connectivity index (χ2n) is 5.60. The van der Waals surface area contributed by atoms with E-state index in [9.17, 15) is 9.59 Å². The molecule has 0 spiro atoms. The van der Waals surface area contributed by atoms with E-state index in [1.165, 1.54) is 18.9 Å². The molecule has 7 nitrogen and oxygen atoms in total. The van der Waals surface area contributed by atoms with Crippen LogP contribution >= 0.6 is 0 Å². The van der Waals surface area contributed by atoms with E-state index in [2.05, 4.69) is 10.3 Å². The minimum Gasteiger partial charge on any atom is -0.497 e. The van der Waals surface area contributed by atoms with Gasteiger partial charge in [-0.1, -0.05) is 6.07 Å². The van der Waals surface area contributed by atoms with Crippen molar-refractivity contribution in [3.05, 3.63) is 48.3 Å². The van der Waals surface area contributed by atoms with Crippen LogP contribution < -0.4 is 19.7 Å². The highest BCUT2D eigenvalue weighted by Crippen LogP contribution is 2.32. The molecule has 2 rings (SSSR count). The molecule has 1 heterocycles. The van der Waals surface area contributed by atoms with Crippen molar-refractivity contribution < 1.29 is 19.1 Å². The van der Waals surface area contributed by atoms with Crippen molar-refractivity contribution in [1.29, 1.82) is 0 Å². The Morgan fingerprint density at radius 1 is 1.19 bits per heavy atom. The molecule has 2 amide bonds. The fourth-order valence-electron chi connectivity index (χ4n) is 2.46. The Bertz CT molecular complexity index is 750. The molecule has 0 aliphatic carbocycles. The summed E-state index contributed by atoms with van der Waals surface area (Å²) in [5.41, 5.74) is 1.52. The maximum absolute atomic E-state index is 12.1. The summed E-state index contributed by atoms with van der Waals surface area (Å²) in [5.74, 6) is 0.819. The van der Waals surface area contributed by atoms with Crippen molar-refractivity contribution in [2.75, 3.05) is 25.7 Å². The Morgan fingerprint density at radius 2 is 2.00 bits per heavy atom. The summed E-state index contributed by atoms with van der Waals surface area (Å²) in [6.45, 7) is 2.10. The van der Waals surface area contributed by atoms with E-state index in [4.69, 9.17) is 9.47 Å². The van der Waals surface area contributed by atoms with Crippen molar-refractivity contribution in [1.82, 2.24) is 10.3 Å². The van der Waals surface area contributed by atoms with Crippen LogP contribution in [0.1, 0.15) is 18.9 Å². The van der Waals surface area contributed by atoms with Crippen LogP contribution in [-0.4, -0.2) is 37.6 Å². The molecule has 0 aliphatic heterocycles. The molecule has 2 aromatic rings. The van der Waals surface area contributed by atoms with Crippen molar-refractivity contribution in [3.8, 4) is 11.5 Å². The Hall–Kier alpha value is -3.09. The molecule has 0 atom stereocenters. The Labute approximate surface area is 152 Å². The minimum absolute atomic E-state index is 0.146. The third-order valence-corrected chi connectivity index (χ3v) is 3.83. The quantitative estimate of drug-likeness (QED) is 0.783. The molecule has 1 N–H and O–H groups in total. The number of carbonyl (C=O) groups excluding carboxylic acids is 2. The third-order valence-electron chi connectivity index (χ3n) is 3.83. The number of hydrogen-bond acceptors (Lipinski definition) is 5. The SMILES string of the molecule is COc1ccc(N(CCC(=O)NCc2cccnc2)C(C)=O)c(OC)c1. The standard InChI is InChI=1S/C19H23N3O4/c1-14(23)22(17-7-6-16(25-2)11-18(17)26-3)10-8-19(24)21-13-15-5-4-9-20-12-15/h4-7,9,11-12H,8,10,13H2,1-3H3,(H,21,24). The van der Waals surface area contributed by atoms with Gasteiger partial charge in [0.25, 0.3) is 0 Å². The number of aromatic nitrogens is 1. The van der Waals surface area contributed by atoms with Gasteiger partial charge in [-0.25, -0.2) is 0 Å². The fraction of sp³-hybridized carbons (Fsp3) is 0.316. The lowest BCUT2D eigenvalue weighted by Gasteiger charge is -2.23. The number of methoxy groups -OCH3 is 2. The van der Waals surface area contributed by atoms with Gasteiger partial charge in [0.1, 0.15) is 11.5 Å². The second-order valence-corrected chi connectivity index (χ2v) is 5.60. The van der Waals surface area contributed by atoms with Gasteiger partial charge in [-0.3, -0.25) is 14.6 Å². The smallest absolute Gasteiger partial charge is 0.223 e. The first-order chi connectivity index (χ1) is 12.5. The molecule has 0 saturated carbocycles. The summed E-state index contributed by atoms with van der Waals surface area (Å²) >= 11 is 0. The highest BCUT2D eigenvalue weighted by molar-refractivity contribution is 5.94. The minimum atomic E-state index is -0.173. The number of nitrogens with one attached hydrogen (secondary N) is 1. The van der Waals surface area contributed by atoms with Crippen LogP contribution in [0.4, 0.5) is 5.69 Å². The Balaban J connectivity index is 2.00. The van der Waals surface area contributed by atoms with Crippen LogP contribution in [0.15, 0.2) is 42.7 Å². The maximum atomic E-state index is 12.1. The lowest BCUT2D eigenvalue weighted by Crippen LogP contribution is -2.34. The Kier molecular flexibility index (Phi) is 6.96. The molecular formula is C19H23N3O4. The van der Waals surface area contributed by atoms with Gasteiger partial charge in [0.05, 0.1) is 19.9 Å². The molecule has 0 fully saturated rings. The van der Waals surface area contributed by atoms with E-state index < -0.39 is 0 Å². The van der Waals surface area contributed by atoms with Crippen molar-refractivity contribution in [2.24, 2.45) is 0 Å². The van der Waals surface area contributed by atoms with Crippen molar-refractivity contribution in [3.63, 3.8) is 0 Å². The van der Waals surface area contributed by atoms with Crippen molar-refractivity contribution in [2.45, 2.75) is 19.9 Å². The predicted octanol–water partition coefficient (Wildman–Crippen LogP) is 2.16. The molecule has 0 unspecified atom stereocenters. The first-order valence-corrected chi connectivity index (χ1v) is 8.21. The number of ether oxygens (including phenoxy) is 2. The normalized spacial score (nSPS) is 10.1. The van der Waals surface area contributed by atoms with Crippen LogP contribution in [0.25, 0.3) is 0 Å². The number of anilines is 1. The largest absolute Gasteiger partial charge is 0.497 e. The van der Waals surface area contributed by atoms with E-state index in [1.54, 1.807) is 37.7 Å². The number of hydrogen-bond donors (Lipinski definition) is 1. The monoisotopic (exact) mass is 357 g/mol. The summed E-state index contributed by atoms with van der Waals surface area (Å²) < 4.78 is 10.5. The number of pyridine rings is 1. The number of rotatable bonds is 8. The predicted molar refractivity (Wildman–Crippen MR) is 98.3 cm³/mol. The van der Waals surface area contributed by atoms with Crippen LogP contribution in [0, 0.1) is 0 Å². The molecule has 1 aromatic heterocycles. The maximum Gasteiger partial charge on any atom is 0.223 e. The zero-order chi connectivity index (χ0) is 18.9. The summed E-state index contributed by atoms with van der Waals surface area (Å²) in [6.07, 6.45) is 3.55. The first-order valence-electron chi connectivity index (χ1n) is 8.21.